The summed E-state index contributed by atoms with van der Waals surface area (Å²) in [6, 6.07) is 0.0552. The van der Waals surface area contributed by atoms with Gasteiger partial charge in [0, 0.05) is 19.2 Å². The minimum atomic E-state index is -0.281. The van der Waals surface area contributed by atoms with Crippen molar-refractivity contribution in [1.82, 2.24) is 9.78 Å². The van der Waals surface area contributed by atoms with Crippen LogP contribution in [0.15, 0.2) is 11.0 Å². The van der Waals surface area contributed by atoms with Gasteiger partial charge in [0.25, 0.3) is 5.56 Å². The Kier molecular flexibility index (Phi) is 6.49. The molecule has 1 heterocycles. The molecule has 114 valence electrons. The molecular formula is C14H24ClN3O2. The Bertz CT molecular complexity index is 486. The van der Waals surface area contributed by atoms with Gasteiger partial charge in [0.2, 0.25) is 0 Å². The fourth-order valence-corrected chi connectivity index (χ4v) is 2.15. The Morgan fingerprint density at radius 3 is 2.55 bits per heavy atom. The van der Waals surface area contributed by atoms with Gasteiger partial charge in [0.15, 0.2) is 0 Å². The fourth-order valence-electron chi connectivity index (χ4n) is 1.95. The molecule has 0 fully saturated rings. The third-order valence-electron chi connectivity index (χ3n) is 3.11. The molecule has 1 rings (SSSR count). The molecule has 1 unspecified atom stereocenters. The van der Waals surface area contributed by atoms with Crippen molar-refractivity contribution in [2.75, 3.05) is 11.9 Å². The lowest BCUT2D eigenvalue weighted by molar-refractivity contribution is 0.267. The highest BCUT2D eigenvalue weighted by atomic mass is 35.5. The first kappa shape index (κ1) is 17.0. The van der Waals surface area contributed by atoms with Gasteiger partial charge in [-0.25, -0.2) is 4.68 Å². The maximum atomic E-state index is 12.1. The third-order valence-corrected chi connectivity index (χ3v) is 3.47. The van der Waals surface area contributed by atoms with Gasteiger partial charge in [-0.2, -0.15) is 5.10 Å². The van der Waals surface area contributed by atoms with Crippen molar-refractivity contribution in [3.05, 3.63) is 21.6 Å². The van der Waals surface area contributed by atoms with E-state index in [-0.39, 0.29) is 23.2 Å². The summed E-state index contributed by atoms with van der Waals surface area (Å²) in [6.45, 7) is 8.77. The predicted octanol–water partition coefficient (Wildman–Crippen LogP) is 2.37. The molecule has 0 amide bonds. The van der Waals surface area contributed by atoms with Crippen molar-refractivity contribution < 1.29 is 5.11 Å². The molecule has 0 bridgehead atoms. The van der Waals surface area contributed by atoms with Crippen LogP contribution in [-0.2, 0) is 6.54 Å². The van der Waals surface area contributed by atoms with E-state index in [2.05, 4.69) is 24.3 Å². The summed E-state index contributed by atoms with van der Waals surface area (Å²) in [5, 5.41) is 16.6. The minimum Gasteiger partial charge on any atom is -0.396 e. The zero-order chi connectivity index (χ0) is 15.3. The van der Waals surface area contributed by atoms with Crippen molar-refractivity contribution in [3.63, 3.8) is 0 Å². The summed E-state index contributed by atoms with van der Waals surface area (Å²) in [5.41, 5.74) is 0.251. The highest BCUT2D eigenvalue weighted by molar-refractivity contribution is 6.32. The molecule has 0 spiro atoms. The maximum absolute atomic E-state index is 12.1. The Morgan fingerprint density at radius 2 is 2.05 bits per heavy atom. The monoisotopic (exact) mass is 301 g/mol. The number of hydrogen-bond acceptors (Lipinski definition) is 4. The summed E-state index contributed by atoms with van der Waals surface area (Å²) in [6.07, 6.45) is 2.18. The van der Waals surface area contributed by atoms with Crippen LogP contribution < -0.4 is 10.9 Å². The van der Waals surface area contributed by atoms with Crippen molar-refractivity contribution in [1.29, 1.82) is 0 Å². The van der Waals surface area contributed by atoms with Crippen LogP contribution in [0, 0.1) is 11.8 Å². The molecule has 20 heavy (non-hydrogen) atoms. The standard InChI is InChI=1S/C14H24ClN3O2/c1-9(2)8-18-14(20)13(15)12(7-16-18)17-11(5-6-19)10(3)4/h7,9-11,17,19H,5-6,8H2,1-4H3. The van der Waals surface area contributed by atoms with E-state index in [1.807, 2.05) is 13.8 Å². The van der Waals surface area contributed by atoms with E-state index in [1.165, 1.54) is 4.68 Å². The van der Waals surface area contributed by atoms with Gasteiger partial charge in [-0.3, -0.25) is 4.79 Å². The average molecular weight is 302 g/mol. The van der Waals surface area contributed by atoms with E-state index < -0.39 is 0 Å². The van der Waals surface area contributed by atoms with E-state index >= 15 is 0 Å². The third kappa shape index (κ3) is 4.49. The molecule has 0 aliphatic rings. The van der Waals surface area contributed by atoms with Gasteiger partial charge >= 0.3 is 0 Å². The number of anilines is 1. The Morgan fingerprint density at radius 1 is 1.40 bits per heavy atom. The first-order valence-corrected chi connectivity index (χ1v) is 7.37. The normalized spacial score (nSPS) is 13.0. The van der Waals surface area contributed by atoms with Crippen LogP contribution in [-0.4, -0.2) is 27.5 Å². The van der Waals surface area contributed by atoms with Gasteiger partial charge in [-0.15, -0.1) is 0 Å². The molecule has 0 aliphatic carbocycles. The molecule has 0 aliphatic heterocycles. The van der Waals surface area contributed by atoms with Crippen molar-refractivity contribution in [2.24, 2.45) is 11.8 Å². The number of aliphatic hydroxyl groups excluding tert-OH is 1. The summed E-state index contributed by atoms with van der Waals surface area (Å²) in [5.74, 6) is 0.643. The van der Waals surface area contributed by atoms with Crippen LogP contribution in [0.5, 0.6) is 0 Å². The Labute approximate surface area is 125 Å². The SMILES string of the molecule is CC(C)Cn1ncc(NC(CCO)C(C)C)c(Cl)c1=O. The Hall–Kier alpha value is -1.07. The van der Waals surface area contributed by atoms with Gasteiger partial charge in [-0.1, -0.05) is 39.3 Å². The molecule has 0 aromatic carbocycles. The highest BCUT2D eigenvalue weighted by Crippen LogP contribution is 2.20. The molecule has 1 aromatic rings. The second-order valence-electron chi connectivity index (χ2n) is 5.76. The predicted molar refractivity (Wildman–Crippen MR) is 82.3 cm³/mol. The number of nitrogens with one attached hydrogen (secondary N) is 1. The average Bonchev–Trinajstić information content (AvgIpc) is 2.36. The molecule has 1 atom stereocenters. The molecule has 2 N–H and O–H groups in total. The number of hydrogen-bond donors (Lipinski definition) is 2. The number of rotatable bonds is 7. The van der Waals surface area contributed by atoms with E-state index in [0.29, 0.717) is 30.5 Å². The van der Waals surface area contributed by atoms with Gasteiger partial charge < -0.3 is 10.4 Å². The minimum absolute atomic E-state index is 0.0552. The molecule has 5 nitrogen and oxygen atoms in total. The second-order valence-corrected chi connectivity index (χ2v) is 6.14. The summed E-state index contributed by atoms with van der Waals surface area (Å²) in [7, 11) is 0. The van der Waals surface area contributed by atoms with E-state index in [0.717, 1.165) is 0 Å². The molecule has 0 saturated heterocycles. The molecule has 0 saturated carbocycles. The van der Waals surface area contributed by atoms with Gasteiger partial charge in [-0.05, 0) is 18.3 Å². The lowest BCUT2D eigenvalue weighted by Crippen LogP contribution is -2.30. The van der Waals surface area contributed by atoms with Crippen LogP contribution in [0.3, 0.4) is 0 Å². The number of aromatic nitrogens is 2. The number of aliphatic hydroxyl groups is 1. The van der Waals surface area contributed by atoms with E-state index in [4.69, 9.17) is 16.7 Å². The molecular weight excluding hydrogens is 278 g/mol. The van der Waals surface area contributed by atoms with Crippen LogP contribution in [0.2, 0.25) is 5.02 Å². The Balaban J connectivity index is 2.97. The zero-order valence-electron chi connectivity index (χ0n) is 12.6. The topological polar surface area (TPSA) is 67.2 Å². The van der Waals surface area contributed by atoms with Crippen molar-refractivity contribution >= 4 is 17.3 Å². The summed E-state index contributed by atoms with van der Waals surface area (Å²) >= 11 is 6.13. The maximum Gasteiger partial charge on any atom is 0.287 e. The van der Waals surface area contributed by atoms with E-state index in [1.54, 1.807) is 6.20 Å². The first-order valence-electron chi connectivity index (χ1n) is 6.99. The molecule has 0 radical (unpaired) electrons. The largest absolute Gasteiger partial charge is 0.396 e. The lowest BCUT2D eigenvalue weighted by atomic mass is 10.0. The zero-order valence-corrected chi connectivity index (χ0v) is 13.3. The van der Waals surface area contributed by atoms with Crippen LogP contribution >= 0.6 is 11.6 Å². The van der Waals surface area contributed by atoms with Crippen molar-refractivity contribution in [2.45, 2.75) is 46.7 Å². The van der Waals surface area contributed by atoms with Crippen LogP contribution in [0.25, 0.3) is 0 Å². The molecule has 1 aromatic heterocycles. The van der Waals surface area contributed by atoms with Crippen LogP contribution in [0.1, 0.15) is 34.1 Å². The smallest absolute Gasteiger partial charge is 0.287 e. The fraction of sp³-hybridized carbons (Fsp3) is 0.714. The first-order chi connectivity index (χ1) is 9.36. The lowest BCUT2D eigenvalue weighted by Gasteiger charge is -2.23. The number of nitrogens with zero attached hydrogens (tertiary/aromatic N) is 2. The quantitative estimate of drug-likeness (QED) is 0.811. The van der Waals surface area contributed by atoms with E-state index in [9.17, 15) is 4.79 Å². The second kappa shape index (κ2) is 7.64. The number of halogens is 1. The summed E-state index contributed by atoms with van der Waals surface area (Å²) in [4.78, 5) is 12.1. The van der Waals surface area contributed by atoms with Gasteiger partial charge in [0.1, 0.15) is 5.02 Å². The molecule has 6 heteroatoms. The summed E-state index contributed by atoms with van der Waals surface area (Å²) < 4.78 is 1.38. The van der Waals surface area contributed by atoms with Crippen LogP contribution in [0.4, 0.5) is 5.69 Å². The van der Waals surface area contributed by atoms with Crippen molar-refractivity contribution in [3.8, 4) is 0 Å². The highest BCUT2D eigenvalue weighted by Gasteiger charge is 2.16. The van der Waals surface area contributed by atoms with Gasteiger partial charge in [0.05, 0.1) is 11.9 Å².